The molecular weight excluding hydrogens is 116 g/mol. The van der Waals surface area contributed by atoms with Gasteiger partial charge in [-0.25, -0.2) is 0 Å². The lowest BCUT2D eigenvalue weighted by Gasteiger charge is -2.32. The summed E-state index contributed by atoms with van der Waals surface area (Å²) in [4.78, 5) is 10.4. The first-order valence-corrected chi connectivity index (χ1v) is 3.21. The van der Waals surface area contributed by atoms with Gasteiger partial charge in [0.2, 0.25) is 5.91 Å². The average molecular weight is 128 g/mol. The van der Waals surface area contributed by atoms with Crippen LogP contribution in [0.15, 0.2) is 0 Å². The molecule has 0 aromatic rings. The summed E-state index contributed by atoms with van der Waals surface area (Å²) >= 11 is 0. The third kappa shape index (κ3) is 1.68. The van der Waals surface area contributed by atoms with Crippen LogP contribution in [0.5, 0.6) is 0 Å². The highest BCUT2D eigenvalue weighted by atomic mass is 16.1. The molecule has 0 bridgehead atoms. The number of rotatable bonds is 1. The highest BCUT2D eigenvalue weighted by molar-refractivity contribution is 5.73. The van der Waals surface area contributed by atoms with Crippen LogP contribution in [-0.2, 0) is 4.79 Å². The van der Waals surface area contributed by atoms with Crippen LogP contribution in [0.4, 0.5) is 0 Å². The van der Waals surface area contributed by atoms with Crippen molar-refractivity contribution in [3.63, 3.8) is 0 Å². The molecule has 1 amide bonds. The van der Waals surface area contributed by atoms with Crippen molar-refractivity contribution in [1.82, 2.24) is 5.32 Å². The second-order valence-corrected chi connectivity index (χ2v) is 2.63. The molecule has 1 fully saturated rings. The van der Waals surface area contributed by atoms with E-state index < -0.39 is 0 Å². The van der Waals surface area contributed by atoms with Gasteiger partial charge in [-0.3, -0.25) is 4.79 Å². The molecule has 0 aromatic carbocycles. The number of nitrogens with one attached hydrogen (secondary N) is 1. The summed E-state index contributed by atoms with van der Waals surface area (Å²) in [7, 11) is 0. The predicted octanol–water partition coefficient (Wildman–Crippen LogP) is -0.388. The second kappa shape index (κ2) is 2.35. The number of carbonyl (C=O) groups is 1. The van der Waals surface area contributed by atoms with Crippen molar-refractivity contribution < 1.29 is 4.79 Å². The summed E-state index contributed by atoms with van der Waals surface area (Å²) in [6, 6.07) is 0.680. The fourth-order valence-electron chi connectivity index (χ4n) is 1.07. The molecule has 0 aliphatic heterocycles. The maximum absolute atomic E-state index is 10.4. The first-order chi connectivity index (χ1) is 4.18. The smallest absolute Gasteiger partial charge is 0.217 e. The highest BCUT2D eigenvalue weighted by Crippen LogP contribution is 2.16. The van der Waals surface area contributed by atoms with Crippen molar-refractivity contribution in [2.24, 2.45) is 5.73 Å². The van der Waals surface area contributed by atoms with E-state index in [1.165, 1.54) is 6.92 Å². The maximum Gasteiger partial charge on any atom is 0.217 e. The Kier molecular flexibility index (Phi) is 1.71. The van der Waals surface area contributed by atoms with Crippen LogP contribution < -0.4 is 11.1 Å². The van der Waals surface area contributed by atoms with E-state index in [9.17, 15) is 4.79 Å². The van der Waals surface area contributed by atoms with Crippen molar-refractivity contribution in [3.05, 3.63) is 0 Å². The van der Waals surface area contributed by atoms with Gasteiger partial charge in [0.25, 0.3) is 0 Å². The van der Waals surface area contributed by atoms with E-state index >= 15 is 0 Å². The molecule has 0 spiro atoms. The molecule has 1 aliphatic rings. The molecule has 0 heterocycles. The Balaban J connectivity index is 2.11. The summed E-state index contributed by atoms with van der Waals surface area (Å²) < 4.78 is 0. The molecule has 0 aromatic heterocycles. The average Bonchev–Trinajstić information content (AvgIpc) is 1.60. The Hall–Kier alpha value is -0.570. The number of nitrogens with two attached hydrogens (primary N) is 1. The Labute approximate surface area is 54.6 Å². The van der Waals surface area contributed by atoms with Gasteiger partial charge in [-0.1, -0.05) is 0 Å². The van der Waals surface area contributed by atoms with Crippen molar-refractivity contribution in [3.8, 4) is 0 Å². The van der Waals surface area contributed by atoms with Gasteiger partial charge >= 0.3 is 0 Å². The van der Waals surface area contributed by atoms with Gasteiger partial charge in [0.15, 0.2) is 0 Å². The topological polar surface area (TPSA) is 55.1 Å². The third-order valence-electron chi connectivity index (χ3n) is 1.58. The molecule has 0 unspecified atom stereocenters. The van der Waals surface area contributed by atoms with Gasteiger partial charge in [0.05, 0.1) is 0 Å². The van der Waals surface area contributed by atoms with Crippen LogP contribution in [0.3, 0.4) is 0 Å². The second-order valence-electron chi connectivity index (χ2n) is 2.63. The predicted molar refractivity (Wildman–Crippen MR) is 34.8 cm³/mol. The molecule has 1 rings (SSSR count). The number of carbonyl (C=O) groups excluding carboxylic acids is 1. The summed E-state index contributed by atoms with van der Waals surface area (Å²) in [5.74, 6) is 0.0481. The van der Waals surface area contributed by atoms with E-state index in [2.05, 4.69) is 5.32 Å². The summed E-state index contributed by atoms with van der Waals surface area (Å²) in [5.41, 5.74) is 5.49. The van der Waals surface area contributed by atoms with E-state index in [0.29, 0.717) is 12.1 Å². The van der Waals surface area contributed by atoms with Crippen LogP contribution in [0.1, 0.15) is 19.8 Å². The molecule has 0 saturated heterocycles. The molecule has 0 atom stereocenters. The van der Waals surface area contributed by atoms with E-state index in [1.54, 1.807) is 0 Å². The fourth-order valence-corrected chi connectivity index (χ4v) is 1.07. The van der Waals surface area contributed by atoms with Crippen LogP contribution in [0.25, 0.3) is 0 Å². The molecular formula is C6H12N2O. The zero-order valence-electron chi connectivity index (χ0n) is 5.55. The lowest BCUT2D eigenvalue weighted by Crippen LogP contribution is -2.49. The lowest BCUT2D eigenvalue weighted by atomic mass is 9.88. The van der Waals surface area contributed by atoms with Gasteiger partial charge in [-0.05, 0) is 12.8 Å². The molecule has 3 N–H and O–H groups in total. The Morgan fingerprint density at radius 1 is 1.67 bits per heavy atom. The largest absolute Gasteiger partial charge is 0.353 e. The van der Waals surface area contributed by atoms with Crippen molar-refractivity contribution in [1.29, 1.82) is 0 Å². The Morgan fingerprint density at radius 3 is 2.56 bits per heavy atom. The fraction of sp³-hybridized carbons (Fsp3) is 0.833. The van der Waals surface area contributed by atoms with Crippen molar-refractivity contribution >= 4 is 5.91 Å². The molecule has 1 saturated carbocycles. The standard InChI is InChI=1S/C6H12N2O/c1-4(9)8-6-2-5(7)3-6/h5-6H,2-3,7H2,1H3,(H,8,9)/t5-,6+. The van der Waals surface area contributed by atoms with Crippen molar-refractivity contribution in [2.45, 2.75) is 31.8 Å². The maximum atomic E-state index is 10.4. The van der Waals surface area contributed by atoms with Crippen molar-refractivity contribution in [2.75, 3.05) is 0 Å². The zero-order chi connectivity index (χ0) is 6.85. The molecule has 1 aliphatic carbocycles. The minimum Gasteiger partial charge on any atom is -0.353 e. The van der Waals surface area contributed by atoms with E-state index in [4.69, 9.17) is 5.73 Å². The first-order valence-electron chi connectivity index (χ1n) is 3.21. The van der Waals surface area contributed by atoms with Crippen LogP contribution in [0.2, 0.25) is 0 Å². The van der Waals surface area contributed by atoms with Crippen LogP contribution in [0, 0.1) is 0 Å². The zero-order valence-corrected chi connectivity index (χ0v) is 5.55. The van der Waals surface area contributed by atoms with Gasteiger partial charge in [-0.15, -0.1) is 0 Å². The first kappa shape index (κ1) is 6.55. The Bertz CT molecular complexity index is 118. The number of amides is 1. The summed E-state index contributed by atoms with van der Waals surface area (Å²) in [6.45, 7) is 1.53. The molecule has 9 heavy (non-hydrogen) atoms. The van der Waals surface area contributed by atoms with E-state index in [0.717, 1.165) is 12.8 Å². The minimum absolute atomic E-state index is 0.0481. The third-order valence-corrected chi connectivity index (χ3v) is 1.58. The minimum atomic E-state index is 0.0481. The monoisotopic (exact) mass is 128 g/mol. The molecule has 3 nitrogen and oxygen atoms in total. The van der Waals surface area contributed by atoms with Crippen LogP contribution in [-0.4, -0.2) is 18.0 Å². The van der Waals surface area contributed by atoms with E-state index in [1.807, 2.05) is 0 Å². The van der Waals surface area contributed by atoms with Crippen LogP contribution >= 0.6 is 0 Å². The summed E-state index contributed by atoms with van der Waals surface area (Å²) in [5, 5.41) is 2.79. The normalized spacial score (nSPS) is 33.1. The van der Waals surface area contributed by atoms with Gasteiger partial charge in [0, 0.05) is 19.0 Å². The Morgan fingerprint density at radius 2 is 2.22 bits per heavy atom. The quantitative estimate of drug-likeness (QED) is 0.505. The SMILES string of the molecule is CC(=O)N[C@H]1C[C@@H](N)C1. The number of hydrogen-bond acceptors (Lipinski definition) is 2. The van der Waals surface area contributed by atoms with Gasteiger partial charge < -0.3 is 11.1 Å². The van der Waals surface area contributed by atoms with Gasteiger partial charge in [0.1, 0.15) is 0 Å². The lowest BCUT2D eigenvalue weighted by molar-refractivity contribution is -0.120. The highest BCUT2D eigenvalue weighted by Gasteiger charge is 2.25. The van der Waals surface area contributed by atoms with Gasteiger partial charge in [-0.2, -0.15) is 0 Å². The molecule has 3 heteroatoms. The number of hydrogen-bond donors (Lipinski definition) is 2. The summed E-state index contributed by atoms with van der Waals surface area (Å²) in [6.07, 6.45) is 1.89. The molecule has 52 valence electrons. The molecule has 0 radical (unpaired) electrons. The van der Waals surface area contributed by atoms with E-state index in [-0.39, 0.29) is 5.91 Å².